The Kier molecular flexibility index (Phi) is 4.70. The Bertz CT molecular complexity index is 835. The van der Waals surface area contributed by atoms with Crippen LogP contribution in [0.2, 0.25) is 0 Å². The molecule has 0 radical (unpaired) electrons. The number of aliphatic hydroxyl groups excluding tert-OH is 1. The molecule has 26 heavy (non-hydrogen) atoms. The average molecular weight is 355 g/mol. The van der Waals surface area contributed by atoms with Crippen LogP contribution in [0.4, 0.5) is 5.69 Å². The summed E-state index contributed by atoms with van der Waals surface area (Å²) in [5, 5.41) is 23.1. The van der Waals surface area contributed by atoms with Crippen molar-refractivity contribution in [3.63, 3.8) is 0 Å². The summed E-state index contributed by atoms with van der Waals surface area (Å²) in [6.07, 6.45) is 0.631. The number of aromatic nitrogens is 1. The molecule has 3 atom stereocenters. The number of fused-ring (bicyclic) bond motifs is 4. The SMILES string of the molecule is O=c1cccc2n1C[C@H]1C[C@@H]2CN(C[C@H](O)CNc2cccc(O)c2)C1. The molecular formula is C20H25N3O3. The van der Waals surface area contributed by atoms with Crippen molar-refractivity contribution in [3.05, 3.63) is 58.5 Å². The third-order valence-corrected chi connectivity index (χ3v) is 5.41. The number of hydrogen-bond donors (Lipinski definition) is 3. The van der Waals surface area contributed by atoms with Crippen molar-refractivity contribution in [1.29, 1.82) is 0 Å². The number of benzene rings is 1. The van der Waals surface area contributed by atoms with Crippen LogP contribution in [0.1, 0.15) is 18.0 Å². The van der Waals surface area contributed by atoms with Gasteiger partial charge >= 0.3 is 0 Å². The van der Waals surface area contributed by atoms with Gasteiger partial charge in [-0.15, -0.1) is 0 Å². The standard InChI is InChI=1S/C20H25N3O3/c24-17-4-1-3-16(8-17)21-9-18(25)13-22-10-14-7-15(12-22)19-5-2-6-20(26)23(19)11-14/h1-6,8,14-15,18,21,24-25H,7,9-13H2/t14-,15+,18+/m0/s1. The van der Waals surface area contributed by atoms with Crippen molar-refractivity contribution < 1.29 is 10.2 Å². The van der Waals surface area contributed by atoms with Gasteiger partial charge in [0.2, 0.25) is 0 Å². The Balaban J connectivity index is 1.36. The number of likely N-dealkylation sites (tertiary alicyclic amines) is 1. The van der Waals surface area contributed by atoms with Crippen LogP contribution >= 0.6 is 0 Å². The highest BCUT2D eigenvalue weighted by molar-refractivity contribution is 5.47. The number of rotatable bonds is 5. The van der Waals surface area contributed by atoms with Gasteiger partial charge in [-0.1, -0.05) is 12.1 Å². The fraction of sp³-hybridized carbons (Fsp3) is 0.450. The minimum atomic E-state index is -0.492. The first kappa shape index (κ1) is 17.1. The summed E-state index contributed by atoms with van der Waals surface area (Å²) in [5.74, 6) is 1.04. The van der Waals surface area contributed by atoms with E-state index >= 15 is 0 Å². The maximum absolute atomic E-state index is 12.1. The van der Waals surface area contributed by atoms with Gasteiger partial charge in [0.15, 0.2) is 0 Å². The molecule has 0 spiro atoms. The third-order valence-electron chi connectivity index (χ3n) is 5.41. The second-order valence-corrected chi connectivity index (χ2v) is 7.50. The molecule has 1 saturated heterocycles. The number of pyridine rings is 1. The lowest BCUT2D eigenvalue weighted by Crippen LogP contribution is -2.49. The molecule has 138 valence electrons. The van der Waals surface area contributed by atoms with Gasteiger partial charge in [0.25, 0.3) is 5.56 Å². The summed E-state index contributed by atoms with van der Waals surface area (Å²) in [6.45, 7) is 3.62. The molecule has 3 N–H and O–H groups in total. The topological polar surface area (TPSA) is 77.7 Å². The summed E-state index contributed by atoms with van der Waals surface area (Å²) in [7, 11) is 0. The lowest BCUT2D eigenvalue weighted by Gasteiger charge is -2.43. The van der Waals surface area contributed by atoms with Crippen molar-refractivity contribution >= 4 is 5.69 Å². The quantitative estimate of drug-likeness (QED) is 0.757. The Morgan fingerprint density at radius 1 is 1.15 bits per heavy atom. The molecule has 2 aliphatic heterocycles. The molecule has 1 aromatic heterocycles. The predicted molar refractivity (Wildman–Crippen MR) is 101 cm³/mol. The van der Waals surface area contributed by atoms with Gasteiger partial charge in [0.1, 0.15) is 5.75 Å². The van der Waals surface area contributed by atoms with Gasteiger partial charge in [-0.3, -0.25) is 9.69 Å². The second kappa shape index (κ2) is 7.13. The first-order valence-electron chi connectivity index (χ1n) is 9.21. The Morgan fingerprint density at radius 2 is 2.00 bits per heavy atom. The zero-order valence-electron chi connectivity index (χ0n) is 14.7. The van der Waals surface area contributed by atoms with Crippen LogP contribution in [0.3, 0.4) is 0 Å². The van der Waals surface area contributed by atoms with E-state index in [2.05, 4.69) is 16.3 Å². The minimum absolute atomic E-state index is 0.0981. The molecular weight excluding hydrogens is 330 g/mol. The summed E-state index contributed by atoms with van der Waals surface area (Å²) >= 11 is 0. The number of piperidine rings is 1. The van der Waals surface area contributed by atoms with Crippen molar-refractivity contribution in [2.75, 3.05) is 31.5 Å². The second-order valence-electron chi connectivity index (χ2n) is 7.50. The monoisotopic (exact) mass is 355 g/mol. The molecule has 2 bridgehead atoms. The lowest BCUT2D eigenvalue weighted by atomic mass is 9.83. The minimum Gasteiger partial charge on any atom is -0.508 e. The lowest BCUT2D eigenvalue weighted by molar-refractivity contribution is 0.0676. The number of phenolic OH excluding ortho intramolecular Hbond substituents is 1. The Labute approximate surface area is 152 Å². The van der Waals surface area contributed by atoms with Crippen LogP contribution < -0.4 is 10.9 Å². The molecule has 2 aliphatic rings. The summed E-state index contributed by atoms with van der Waals surface area (Å²) in [6, 6.07) is 12.5. The predicted octanol–water partition coefficient (Wildman–Crippen LogP) is 1.45. The number of nitrogens with one attached hydrogen (secondary N) is 1. The molecule has 0 unspecified atom stereocenters. The zero-order valence-corrected chi connectivity index (χ0v) is 14.7. The van der Waals surface area contributed by atoms with E-state index in [4.69, 9.17) is 0 Å². The number of nitrogens with zero attached hydrogens (tertiary/aromatic N) is 2. The molecule has 0 saturated carbocycles. The molecule has 0 aliphatic carbocycles. The zero-order chi connectivity index (χ0) is 18.1. The number of aromatic hydroxyl groups is 1. The summed E-state index contributed by atoms with van der Waals surface area (Å²) in [5.41, 5.74) is 2.03. The van der Waals surface area contributed by atoms with Crippen molar-refractivity contribution in [1.82, 2.24) is 9.47 Å². The van der Waals surface area contributed by atoms with Crippen LogP contribution in [-0.2, 0) is 6.54 Å². The summed E-state index contributed by atoms with van der Waals surface area (Å²) < 4.78 is 1.93. The van der Waals surface area contributed by atoms with Crippen molar-refractivity contribution in [3.8, 4) is 5.75 Å². The molecule has 3 heterocycles. The molecule has 1 aromatic carbocycles. The maximum Gasteiger partial charge on any atom is 0.250 e. The maximum atomic E-state index is 12.1. The molecule has 6 nitrogen and oxygen atoms in total. The first-order valence-corrected chi connectivity index (χ1v) is 9.21. The fourth-order valence-electron chi connectivity index (χ4n) is 4.36. The number of phenols is 1. The number of β-amino-alcohol motifs (C(OH)–C–C–N with tert-alkyl or cyclic N) is 1. The molecule has 6 heteroatoms. The first-order chi connectivity index (χ1) is 12.6. The van der Waals surface area contributed by atoms with Gasteiger partial charge in [-0.25, -0.2) is 0 Å². The van der Waals surface area contributed by atoms with Crippen molar-refractivity contribution in [2.45, 2.75) is 25.0 Å². The van der Waals surface area contributed by atoms with Crippen molar-refractivity contribution in [2.24, 2.45) is 5.92 Å². The fourth-order valence-corrected chi connectivity index (χ4v) is 4.36. The highest BCUT2D eigenvalue weighted by atomic mass is 16.3. The van der Waals surface area contributed by atoms with Gasteiger partial charge in [0, 0.05) is 62.2 Å². The number of anilines is 1. The average Bonchev–Trinajstić information content (AvgIpc) is 2.61. The van der Waals surface area contributed by atoms with Gasteiger partial charge < -0.3 is 20.1 Å². The van der Waals surface area contributed by atoms with Crippen LogP contribution in [-0.4, -0.2) is 52.0 Å². The third kappa shape index (κ3) is 3.61. The van der Waals surface area contributed by atoms with E-state index in [0.717, 1.165) is 37.4 Å². The van der Waals surface area contributed by atoms with E-state index < -0.39 is 6.10 Å². The van der Waals surface area contributed by atoms with Gasteiger partial charge in [-0.2, -0.15) is 0 Å². The van der Waals surface area contributed by atoms with Gasteiger partial charge in [0.05, 0.1) is 6.10 Å². The largest absolute Gasteiger partial charge is 0.508 e. The van der Waals surface area contributed by atoms with E-state index in [1.807, 2.05) is 16.7 Å². The van der Waals surface area contributed by atoms with E-state index in [1.165, 1.54) is 0 Å². The smallest absolute Gasteiger partial charge is 0.250 e. The van der Waals surface area contributed by atoms with E-state index in [9.17, 15) is 15.0 Å². The molecule has 0 amide bonds. The number of aliphatic hydroxyl groups is 1. The van der Waals surface area contributed by atoms with Gasteiger partial charge in [-0.05, 0) is 30.5 Å². The van der Waals surface area contributed by atoms with Crippen LogP contribution in [0.25, 0.3) is 0 Å². The highest BCUT2D eigenvalue weighted by Gasteiger charge is 2.34. The number of hydrogen-bond acceptors (Lipinski definition) is 5. The van der Waals surface area contributed by atoms with E-state index in [0.29, 0.717) is 24.9 Å². The highest BCUT2D eigenvalue weighted by Crippen LogP contribution is 2.34. The Hall–Kier alpha value is -2.31. The Morgan fingerprint density at radius 3 is 2.85 bits per heavy atom. The normalized spacial score (nSPS) is 23.3. The van der Waals surface area contributed by atoms with Crippen LogP contribution in [0.5, 0.6) is 5.75 Å². The molecule has 2 aromatic rings. The summed E-state index contributed by atoms with van der Waals surface area (Å²) in [4.78, 5) is 14.4. The van der Waals surface area contributed by atoms with Crippen LogP contribution in [0, 0.1) is 5.92 Å². The molecule has 4 rings (SSSR count). The molecule has 1 fully saturated rings. The van der Waals surface area contributed by atoms with E-state index in [1.54, 1.807) is 24.3 Å². The van der Waals surface area contributed by atoms with Crippen LogP contribution in [0.15, 0.2) is 47.3 Å². The van der Waals surface area contributed by atoms with E-state index in [-0.39, 0.29) is 11.3 Å².